The average molecular weight is 390 g/mol. The number of ether oxygens (including phenoxy) is 2. The second-order valence-electron chi connectivity index (χ2n) is 8.05. The van der Waals surface area contributed by atoms with Gasteiger partial charge in [0.1, 0.15) is 11.5 Å². The van der Waals surface area contributed by atoms with E-state index in [0.717, 1.165) is 48.9 Å². The first-order chi connectivity index (χ1) is 13.6. The van der Waals surface area contributed by atoms with Gasteiger partial charge >= 0.3 is 6.03 Å². The molecule has 0 aliphatic carbocycles. The number of rotatable bonds is 7. The van der Waals surface area contributed by atoms with Gasteiger partial charge in [-0.1, -0.05) is 0 Å². The number of amides is 2. The lowest BCUT2D eigenvalue weighted by molar-refractivity contribution is 0.160. The minimum atomic E-state index is -0.148. The lowest BCUT2D eigenvalue weighted by Crippen LogP contribution is -2.45. The molecule has 2 saturated heterocycles. The minimum Gasteiger partial charge on any atom is -0.497 e. The Labute approximate surface area is 169 Å². The van der Waals surface area contributed by atoms with E-state index >= 15 is 0 Å². The Kier molecular flexibility index (Phi) is 7.43. The fourth-order valence-electron chi connectivity index (χ4n) is 4.33. The van der Waals surface area contributed by atoms with Crippen molar-refractivity contribution in [3.8, 4) is 11.5 Å². The van der Waals surface area contributed by atoms with Crippen molar-refractivity contribution in [2.75, 3.05) is 46.9 Å². The molecule has 0 radical (unpaired) electrons. The number of nitrogens with one attached hydrogen (secondary N) is 1. The molecule has 0 saturated carbocycles. The Morgan fingerprint density at radius 2 is 1.86 bits per heavy atom. The summed E-state index contributed by atoms with van der Waals surface area (Å²) in [6.45, 7) is 7.44. The third-order valence-electron chi connectivity index (χ3n) is 6.20. The Balaban J connectivity index is 1.47. The molecule has 2 aliphatic rings. The van der Waals surface area contributed by atoms with Gasteiger partial charge in [-0.05, 0) is 82.8 Å². The molecule has 0 bridgehead atoms. The van der Waals surface area contributed by atoms with Gasteiger partial charge in [0.15, 0.2) is 0 Å². The molecule has 2 heterocycles. The Morgan fingerprint density at radius 1 is 1.14 bits per heavy atom. The first-order valence-electron chi connectivity index (χ1n) is 10.6. The van der Waals surface area contributed by atoms with Crippen molar-refractivity contribution in [3.63, 3.8) is 0 Å². The molecule has 1 aromatic rings. The van der Waals surface area contributed by atoms with Crippen LogP contribution in [-0.2, 0) is 0 Å². The fraction of sp³-hybridized carbons (Fsp3) is 0.682. The maximum absolute atomic E-state index is 12.7. The molecule has 1 atom stereocenters. The van der Waals surface area contributed by atoms with Gasteiger partial charge in [-0.2, -0.15) is 0 Å². The van der Waals surface area contributed by atoms with Gasteiger partial charge in [-0.15, -0.1) is 0 Å². The molecule has 28 heavy (non-hydrogen) atoms. The van der Waals surface area contributed by atoms with Crippen LogP contribution in [0.5, 0.6) is 11.5 Å². The first kappa shape index (κ1) is 20.8. The van der Waals surface area contributed by atoms with Gasteiger partial charge in [-0.3, -0.25) is 0 Å². The molecule has 0 aromatic heterocycles. The van der Waals surface area contributed by atoms with Gasteiger partial charge in [-0.25, -0.2) is 4.79 Å². The fourth-order valence-corrected chi connectivity index (χ4v) is 4.33. The SMILES string of the molecule is COc1ccc(OC)c([C@H](C)NC(=O)N2CCC(CCN3CCCC3)CC2)c1. The number of hydrogen-bond donors (Lipinski definition) is 1. The number of methoxy groups -OCH3 is 2. The monoisotopic (exact) mass is 389 g/mol. The summed E-state index contributed by atoms with van der Waals surface area (Å²) in [6.07, 6.45) is 6.20. The zero-order chi connectivity index (χ0) is 19.9. The predicted molar refractivity (Wildman–Crippen MR) is 111 cm³/mol. The summed E-state index contributed by atoms with van der Waals surface area (Å²) in [5.41, 5.74) is 0.927. The van der Waals surface area contributed by atoms with E-state index < -0.39 is 0 Å². The van der Waals surface area contributed by atoms with Gasteiger partial charge in [0, 0.05) is 18.7 Å². The van der Waals surface area contributed by atoms with E-state index in [1.807, 2.05) is 30.0 Å². The van der Waals surface area contributed by atoms with Crippen molar-refractivity contribution in [2.45, 2.75) is 45.1 Å². The van der Waals surface area contributed by atoms with E-state index in [9.17, 15) is 4.79 Å². The summed E-state index contributed by atoms with van der Waals surface area (Å²) in [6, 6.07) is 5.53. The van der Waals surface area contributed by atoms with Crippen LogP contribution in [0, 0.1) is 5.92 Å². The molecule has 2 aliphatic heterocycles. The maximum atomic E-state index is 12.7. The number of carbonyl (C=O) groups excluding carboxylic acids is 1. The van der Waals surface area contributed by atoms with Gasteiger partial charge in [0.2, 0.25) is 0 Å². The molecular formula is C22H35N3O3. The second-order valence-corrected chi connectivity index (χ2v) is 8.05. The molecule has 156 valence electrons. The maximum Gasteiger partial charge on any atom is 0.317 e. The second kappa shape index (κ2) is 10.0. The third kappa shape index (κ3) is 5.31. The molecule has 1 aromatic carbocycles. The van der Waals surface area contributed by atoms with Crippen molar-refractivity contribution in [2.24, 2.45) is 5.92 Å². The quantitative estimate of drug-likeness (QED) is 0.773. The number of likely N-dealkylation sites (tertiary alicyclic amines) is 2. The van der Waals surface area contributed by atoms with Crippen molar-refractivity contribution in [3.05, 3.63) is 23.8 Å². The summed E-state index contributed by atoms with van der Waals surface area (Å²) in [7, 11) is 3.29. The highest BCUT2D eigenvalue weighted by atomic mass is 16.5. The van der Waals surface area contributed by atoms with E-state index in [0.29, 0.717) is 0 Å². The van der Waals surface area contributed by atoms with E-state index in [1.165, 1.54) is 38.9 Å². The number of hydrogen-bond acceptors (Lipinski definition) is 4. The summed E-state index contributed by atoms with van der Waals surface area (Å²) >= 11 is 0. The van der Waals surface area contributed by atoms with Crippen molar-refractivity contribution in [1.29, 1.82) is 0 Å². The third-order valence-corrected chi connectivity index (χ3v) is 6.20. The van der Waals surface area contributed by atoms with Crippen LogP contribution in [0.15, 0.2) is 18.2 Å². The Hall–Kier alpha value is -1.95. The molecule has 2 fully saturated rings. The van der Waals surface area contributed by atoms with E-state index in [-0.39, 0.29) is 12.1 Å². The molecule has 3 rings (SSSR count). The van der Waals surface area contributed by atoms with Crippen LogP contribution in [0.3, 0.4) is 0 Å². The highest BCUT2D eigenvalue weighted by Crippen LogP contribution is 2.29. The first-order valence-corrected chi connectivity index (χ1v) is 10.6. The molecule has 0 spiro atoms. The molecule has 6 nitrogen and oxygen atoms in total. The van der Waals surface area contributed by atoms with Crippen molar-refractivity contribution < 1.29 is 14.3 Å². The van der Waals surface area contributed by atoms with Crippen LogP contribution in [-0.4, -0.2) is 62.8 Å². The Bertz CT molecular complexity index is 638. The highest BCUT2D eigenvalue weighted by molar-refractivity contribution is 5.75. The molecule has 1 N–H and O–H groups in total. The molecular weight excluding hydrogens is 354 g/mol. The molecule has 0 unspecified atom stereocenters. The minimum absolute atomic E-state index is 0.00960. The summed E-state index contributed by atoms with van der Waals surface area (Å²) < 4.78 is 10.8. The summed E-state index contributed by atoms with van der Waals surface area (Å²) in [4.78, 5) is 17.3. The summed E-state index contributed by atoms with van der Waals surface area (Å²) in [5, 5.41) is 3.13. The van der Waals surface area contributed by atoms with Gasteiger partial charge in [0.05, 0.1) is 20.3 Å². The number of urea groups is 1. The van der Waals surface area contributed by atoms with Crippen LogP contribution in [0.25, 0.3) is 0 Å². The van der Waals surface area contributed by atoms with Crippen molar-refractivity contribution >= 4 is 6.03 Å². The predicted octanol–water partition coefficient (Wildman–Crippen LogP) is 3.67. The highest BCUT2D eigenvalue weighted by Gasteiger charge is 2.25. The van der Waals surface area contributed by atoms with Gasteiger partial charge < -0.3 is 24.6 Å². The number of nitrogens with zero attached hydrogens (tertiary/aromatic N) is 2. The molecule has 2 amide bonds. The average Bonchev–Trinajstić information content (AvgIpc) is 3.25. The number of piperidine rings is 1. The lowest BCUT2D eigenvalue weighted by atomic mass is 9.93. The van der Waals surface area contributed by atoms with E-state index in [2.05, 4.69) is 10.2 Å². The van der Waals surface area contributed by atoms with Gasteiger partial charge in [0.25, 0.3) is 0 Å². The standard InChI is InChI=1S/C22H35N3O3/c1-17(20-16-19(27-2)6-7-21(20)28-3)23-22(26)25-14-9-18(10-15-25)8-13-24-11-4-5-12-24/h6-7,16-18H,4-5,8-15H2,1-3H3,(H,23,26)/t17-/m0/s1. The van der Waals surface area contributed by atoms with Crippen LogP contribution in [0.4, 0.5) is 4.79 Å². The summed E-state index contributed by atoms with van der Waals surface area (Å²) in [5.74, 6) is 2.27. The Morgan fingerprint density at radius 3 is 2.50 bits per heavy atom. The zero-order valence-corrected chi connectivity index (χ0v) is 17.6. The molecule has 6 heteroatoms. The topological polar surface area (TPSA) is 54.0 Å². The van der Waals surface area contributed by atoms with Crippen LogP contribution in [0.2, 0.25) is 0 Å². The van der Waals surface area contributed by atoms with Crippen molar-refractivity contribution in [1.82, 2.24) is 15.1 Å². The number of carbonyl (C=O) groups is 1. The van der Waals surface area contributed by atoms with E-state index in [4.69, 9.17) is 9.47 Å². The van der Waals surface area contributed by atoms with E-state index in [1.54, 1.807) is 14.2 Å². The smallest absolute Gasteiger partial charge is 0.317 e. The number of benzene rings is 1. The normalized spacial score (nSPS) is 19.5. The lowest BCUT2D eigenvalue weighted by Gasteiger charge is -2.33. The van der Waals surface area contributed by atoms with Crippen LogP contribution < -0.4 is 14.8 Å². The van der Waals surface area contributed by atoms with Crippen LogP contribution in [0.1, 0.15) is 50.6 Å². The zero-order valence-electron chi connectivity index (χ0n) is 17.6. The largest absolute Gasteiger partial charge is 0.497 e. The van der Waals surface area contributed by atoms with Crippen LogP contribution >= 0.6 is 0 Å².